The van der Waals surface area contributed by atoms with E-state index in [1.165, 1.54) is 6.08 Å². The van der Waals surface area contributed by atoms with Crippen molar-refractivity contribution in [2.24, 2.45) is 0 Å². The molecule has 80 valence electrons. The van der Waals surface area contributed by atoms with Crippen LogP contribution in [0.25, 0.3) is 6.08 Å². The van der Waals surface area contributed by atoms with E-state index in [-0.39, 0.29) is 0 Å². The van der Waals surface area contributed by atoms with Crippen LogP contribution in [0.1, 0.15) is 5.56 Å². The molecule has 0 aliphatic heterocycles. The van der Waals surface area contributed by atoms with Crippen LogP contribution in [0, 0.1) is 0 Å². The molecule has 0 saturated carbocycles. The zero-order valence-electron chi connectivity index (χ0n) is 8.11. The highest BCUT2D eigenvalue weighted by molar-refractivity contribution is 5.49. The summed E-state index contributed by atoms with van der Waals surface area (Å²) in [5.41, 5.74) is 0.761. The van der Waals surface area contributed by atoms with E-state index in [1.54, 1.807) is 24.3 Å². The molecule has 15 heavy (non-hydrogen) atoms. The molecule has 0 unspecified atom stereocenters. The number of hydrogen-bond donors (Lipinski definition) is 1. The second-order valence-electron chi connectivity index (χ2n) is 3.09. The van der Waals surface area contributed by atoms with Crippen molar-refractivity contribution in [1.29, 1.82) is 0 Å². The fraction of sp³-hybridized carbons (Fsp3) is 0.167. The van der Waals surface area contributed by atoms with Gasteiger partial charge >= 0.3 is 0 Å². The quantitative estimate of drug-likeness (QED) is 0.757. The molecule has 0 aliphatic carbocycles. The molecule has 0 aromatic heterocycles. The summed E-state index contributed by atoms with van der Waals surface area (Å²) in [5, 5.41) is 9.13. The van der Waals surface area contributed by atoms with Gasteiger partial charge in [0, 0.05) is 0 Å². The van der Waals surface area contributed by atoms with Crippen molar-refractivity contribution in [2.75, 3.05) is 0 Å². The zero-order chi connectivity index (χ0) is 11.3. The van der Waals surface area contributed by atoms with Gasteiger partial charge in [0.2, 0.25) is 0 Å². The summed E-state index contributed by atoms with van der Waals surface area (Å²) in [4.78, 5) is 0. The van der Waals surface area contributed by atoms with Gasteiger partial charge in [-0.25, -0.2) is 0 Å². The van der Waals surface area contributed by atoms with Crippen molar-refractivity contribution in [3.05, 3.63) is 54.6 Å². The lowest BCUT2D eigenvalue weighted by molar-refractivity contribution is -0.0443. The summed E-state index contributed by atoms with van der Waals surface area (Å²) < 4.78 is 25.7. The summed E-state index contributed by atoms with van der Waals surface area (Å²) in [5.74, 6) is -3.29. The van der Waals surface area contributed by atoms with Crippen LogP contribution in [0.15, 0.2) is 49.1 Å². The van der Waals surface area contributed by atoms with E-state index in [2.05, 4.69) is 6.58 Å². The van der Waals surface area contributed by atoms with E-state index in [0.29, 0.717) is 6.08 Å². The topological polar surface area (TPSA) is 20.2 Å². The molecular formula is C12H12F2O. The Bertz CT molecular complexity index is 344. The first-order valence-electron chi connectivity index (χ1n) is 4.49. The van der Waals surface area contributed by atoms with Crippen LogP contribution in [0.3, 0.4) is 0 Å². The van der Waals surface area contributed by atoms with Crippen molar-refractivity contribution >= 4 is 6.08 Å². The third kappa shape index (κ3) is 3.29. The maximum atomic E-state index is 12.8. The van der Waals surface area contributed by atoms with Gasteiger partial charge in [0.05, 0.1) is 0 Å². The molecule has 0 saturated heterocycles. The average molecular weight is 210 g/mol. The number of hydrogen-bond acceptors (Lipinski definition) is 1. The molecule has 1 nitrogen and oxygen atoms in total. The van der Waals surface area contributed by atoms with Gasteiger partial charge in [-0.15, -0.1) is 0 Å². The van der Waals surface area contributed by atoms with Gasteiger partial charge in [0.25, 0.3) is 5.92 Å². The first-order valence-corrected chi connectivity index (χ1v) is 4.49. The highest BCUT2D eigenvalue weighted by Crippen LogP contribution is 2.21. The molecule has 0 amide bonds. The molecule has 0 aliphatic rings. The number of aliphatic hydroxyl groups excluding tert-OH is 1. The molecule has 1 aromatic rings. The van der Waals surface area contributed by atoms with Crippen molar-refractivity contribution in [3.63, 3.8) is 0 Å². The number of aliphatic hydroxyl groups is 1. The fourth-order valence-corrected chi connectivity index (χ4v) is 1.02. The summed E-state index contributed by atoms with van der Waals surface area (Å²) in [6.45, 7) is 2.96. The Morgan fingerprint density at radius 2 is 1.87 bits per heavy atom. The lowest BCUT2D eigenvalue weighted by atomic mass is 10.1. The van der Waals surface area contributed by atoms with Crippen molar-refractivity contribution in [2.45, 2.75) is 12.0 Å². The van der Waals surface area contributed by atoms with Crippen LogP contribution in [0.5, 0.6) is 0 Å². The predicted octanol–water partition coefficient (Wildman–Crippen LogP) is 2.88. The third-order valence-corrected chi connectivity index (χ3v) is 1.94. The highest BCUT2D eigenvalue weighted by Gasteiger charge is 2.32. The summed E-state index contributed by atoms with van der Waals surface area (Å²) in [7, 11) is 0. The van der Waals surface area contributed by atoms with E-state index in [4.69, 9.17) is 5.11 Å². The standard InChI is InChI=1S/C12H12F2O/c1-2-12(13,14)11(15)9-8-10-6-4-3-5-7-10/h2-9,11,15H,1H2/b9-8+/t11-/m0/s1. The Kier molecular flexibility index (Phi) is 3.74. The normalized spacial score (nSPS) is 14.1. The van der Waals surface area contributed by atoms with E-state index >= 15 is 0 Å². The Morgan fingerprint density at radius 3 is 2.40 bits per heavy atom. The van der Waals surface area contributed by atoms with Crippen molar-refractivity contribution in [1.82, 2.24) is 0 Å². The van der Waals surface area contributed by atoms with Crippen molar-refractivity contribution in [3.8, 4) is 0 Å². The predicted molar refractivity (Wildman–Crippen MR) is 56.6 cm³/mol. The van der Waals surface area contributed by atoms with Gasteiger partial charge in [-0.05, 0) is 17.7 Å². The molecule has 1 rings (SSSR count). The molecule has 3 heteroatoms. The minimum Gasteiger partial charge on any atom is -0.382 e. The first kappa shape index (κ1) is 11.6. The highest BCUT2D eigenvalue weighted by atomic mass is 19.3. The molecule has 0 spiro atoms. The molecule has 1 N–H and O–H groups in total. The summed E-state index contributed by atoms with van der Waals surface area (Å²) in [6, 6.07) is 8.92. The van der Waals surface area contributed by atoms with Gasteiger partial charge in [-0.2, -0.15) is 8.78 Å². The molecule has 1 aromatic carbocycles. The van der Waals surface area contributed by atoms with Gasteiger partial charge in [0.15, 0.2) is 0 Å². The first-order chi connectivity index (χ1) is 7.06. The number of benzene rings is 1. The van der Waals surface area contributed by atoms with E-state index in [1.807, 2.05) is 6.07 Å². The fourth-order valence-electron chi connectivity index (χ4n) is 1.02. The second-order valence-corrected chi connectivity index (χ2v) is 3.09. The maximum Gasteiger partial charge on any atom is 0.295 e. The molecular weight excluding hydrogens is 198 g/mol. The molecule has 0 fully saturated rings. The Labute approximate surface area is 87.4 Å². The number of halogens is 2. The smallest absolute Gasteiger partial charge is 0.295 e. The second kappa shape index (κ2) is 4.84. The Morgan fingerprint density at radius 1 is 1.27 bits per heavy atom. The van der Waals surface area contributed by atoms with E-state index in [0.717, 1.165) is 11.6 Å². The van der Waals surface area contributed by atoms with E-state index in [9.17, 15) is 8.78 Å². The molecule has 0 bridgehead atoms. The van der Waals surface area contributed by atoms with Crippen LogP contribution in [0.4, 0.5) is 8.78 Å². The average Bonchev–Trinajstić information content (AvgIpc) is 2.27. The summed E-state index contributed by atoms with van der Waals surface area (Å²) >= 11 is 0. The number of alkyl halides is 2. The molecule has 0 radical (unpaired) electrons. The SMILES string of the molecule is C=CC(F)(F)[C@@H](O)/C=C/c1ccccc1. The monoisotopic (exact) mass is 210 g/mol. The largest absolute Gasteiger partial charge is 0.382 e. The van der Waals surface area contributed by atoms with Crippen LogP contribution in [-0.2, 0) is 0 Å². The number of rotatable bonds is 4. The van der Waals surface area contributed by atoms with Gasteiger partial charge in [-0.3, -0.25) is 0 Å². The Balaban J connectivity index is 2.70. The third-order valence-electron chi connectivity index (χ3n) is 1.94. The van der Waals surface area contributed by atoms with Crippen LogP contribution < -0.4 is 0 Å². The lowest BCUT2D eigenvalue weighted by Gasteiger charge is -2.14. The van der Waals surface area contributed by atoms with Crippen LogP contribution in [0.2, 0.25) is 0 Å². The minimum atomic E-state index is -3.29. The van der Waals surface area contributed by atoms with Crippen molar-refractivity contribution < 1.29 is 13.9 Å². The Hall–Kier alpha value is -1.48. The van der Waals surface area contributed by atoms with Gasteiger partial charge in [-0.1, -0.05) is 43.0 Å². The minimum absolute atomic E-state index is 0.438. The molecule has 0 heterocycles. The lowest BCUT2D eigenvalue weighted by Crippen LogP contribution is -2.28. The van der Waals surface area contributed by atoms with E-state index < -0.39 is 12.0 Å². The van der Waals surface area contributed by atoms with Crippen LogP contribution >= 0.6 is 0 Å². The van der Waals surface area contributed by atoms with Crippen LogP contribution in [-0.4, -0.2) is 17.1 Å². The van der Waals surface area contributed by atoms with Gasteiger partial charge < -0.3 is 5.11 Å². The summed E-state index contributed by atoms with van der Waals surface area (Å²) in [6.07, 6.45) is 1.10. The zero-order valence-corrected chi connectivity index (χ0v) is 8.11. The molecule has 1 atom stereocenters. The van der Waals surface area contributed by atoms with Gasteiger partial charge in [0.1, 0.15) is 6.10 Å². The maximum absolute atomic E-state index is 12.8.